The molecule has 0 radical (unpaired) electrons. The molecule has 1 amide bonds. The van der Waals surface area contributed by atoms with E-state index < -0.39 is 20.9 Å². The van der Waals surface area contributed by atoms with Crippen LogP contribution in [0.1, 0.15) is 9.67 Å². The van der Waals surface area contributed by atoms with Gasteiger partial charge in [-0.15, -0.1) is 11.3 Å². The second-order valence-corrected chi connectivity index (χ2v) is 7.98. The number of carbonyl (C=O) groups excluding carboxylic acids is 1. The number of carbonyl (C=O) groups is 1. The Morgan fingerprint density at radius 3 is 2.43 bits per heavy atom. The molecule has 1 aliphatic rings. The molecule has 1 aromatic carbocycles. The highest BCUT2D eigenvalue weighted by atomic mass is 32.2. The van der Waals surface area contributed by atoms with Gasteiger partial charge in [-0.05, 0) is 35.7 Å². The maximum Gasteiger partial charge on any atom is 0.263 e. The Morgan fingerprint density at radius 2 is 1.86 bits per heavy atom. The van der Waals surface area contributed by atoms with Crippen LogP contribution in [-0.2, 0) is 9.84 Å². The summed E-state index contributed by atoms with van der Waals surface area (Å²) in [5.74, 6) is -0.618. The summed E-state index contributed by atoms with van der Waals surface area (Å²) >= 11 is 1.33. The molecule has 0 bridgehead atoms. The quantitative estimate of drug-likeness (QED) is 0.813. The SMILES string of the molecule is O=C(c1cccs1)N1CC(S(=O)(=O)c2ccc(F)cc2)C1. The smallest absolute Gasteiger partial charge is 0.263 e. The first-order valence-corrected chi connectivity index (χ1v) is 8.73. The summed E-state index contributed by atoms with van der Waals surface area (Å²) in [7, 11) is -3.51. The van der Waals surface area contributed by atoms with E-state index >= 15 is 0 Å². The minimum atomic E-state index is -3.51. The maximum atomic E-state index is 12.9. The second-order valence-electron chi connectivity index (χ2n) is 4.81. The van der Waals surface area contributed by atoms with Crippen molar-refractivity contribution in [3.63, 3.8) is 0 Å². The van der Waals surface area contributed by atoms with Crippen molar-refractivity contribution in [1.29, 1.82) is 0 Å². The van der Waals surface area contributed by atoms with Crippen LogP contribution in [0.4, 0.5) is 4.39 Å². The molecule has 0 saturated carbocycles. The van der Waals surface area contributed by atoms with Gasteiger partial charge in [0.1, 0.15) is 11.1 Å². The molecule has 0 aliphatic carbocycles. The number of thiophene rings is 1. The maximum absolute atomic E-state index is 12.9. The molecule has 4 nitrogen and oxygen atoms in total. The van der Waals surface area contributed by atoms with Crippen molar-refractivity contribution in [2.75, 3.05) is 13.1 Å². The monoisotopic (exact) mass is 325 g/mol. The number of nitrogens with zero attached hydrogens (tertiary/aromatic N) is 1. The summed E-state index contributed by atoms with van der Waals surface area (Å²) in [6.45, 7) is 0.354. The molecule has 0 N–H and O–H groups in total. The van der Waals surface area contributed by atoms with Crippen molar-refractivity contribution >= 4 is 27.1 Å². The van der Waals surface area contributed by atoms with Gasteiger partial charge in [0.05, 0.1) is 9.77 Å². The van der Waals surface area contributed by atoms with Crippen molar-refractivity contribution in [2.45, 2.75) is 10.1 Å². The van der Waals surface area contributed by atoms with Gasteiger partial charge in [0, 0.05) is 13.1 Å². The van der Waals surface area contributed by atoms with E-state index in [0.29, 0.717) is 4.88 Å². The van der Waals surface area contributed by atoms with Gasteiger partial charge in [-0.2, -0.15) is 0 Å². The molecule has 1 aromatic heterocycles. The van der Waals surface area contributed by atoms with E-state index in [2.05, 4.69) is 0 Å². The van der Waals surface area contributed by atoms with Gasteiger partial charge in [0.15, 0.2) is 9.84 Å². The van der Waals surface area contributed by atoms with Gasteiger partial charge in [-0.25, -0.2) is 12.8 Å². The zero-order valence-corrected chi connectivity index (χ0v) is 12.5. The Hall–Kier alpha value is -1.73. The summed E-state index contributed by atoms with van der Waals surface area (Å²) in [5, 5.41) is 1.19. The molecule has 21 heavy (non-hydrogen) atoms. The van der Waals surface area contributed by atoms with Gasteiger partial charge in [-0.1, -0.05) is 6.07 Å². The molecule has 1 saturated heterocycles. The first-order valence-electron chi connectivity index (χ1n) is 6.31. The number of hydrogen-bond acceptors (Lipinski definition) is 4. The van der Waals surface area contributed by atoms with Gasteiger partial charge in [0.2, 0.25) is 0 Å². The molecule has 0 unspecified atom stereocenters. The lowest BCUT2D eigenvalue weighted by molar-refractivity contribution is 0.0664. The van der Waals surface area contributed by atoms with Crippen LogP contribution in [0.3, 0.4) is 0 Å². The molecular formula is C14H12FNO3S2. The topological polar surface area (TPSA) is 54.5 Å². The normalized spacial score (nSPS) is 15.8. The predicted molar refractivity (Wildman–Crippen MR) is 77.6 cm³/mol. The van der Waals surface area contributed by atoms with Crippen molar-refractivity contribution in [3.05, 3.63) is 52.5 Å². The Bertz CT molecular complexity index is 748. The molecule has 3 rings (SSSR count). The second kappa shape index (κ2) is 5.23. The molecule has 2 aromatic rings. The van der Waals surface area contributed by atoms with Gasteiger partial charge in [0.25, 0.3) is 5.91 Å². The predicted octanol–water partition coefficient (Wildman–Crippen LogP) is 2.19. The third-order valence-corrected chi connectivity index (χ3v) is 6.41. The van der Waals surface area contributed by atoms with Crippen LogP contribution in [-0.4, -0.2) is 37.6 Å². The van der Waals surface area contributed by atoms with Crippen LogP contribution in [0, 0.1) is 5.82 Å². The van der Waals surface area contributed by atoms with E-state index in [1.807, 2.05) is 0 Å². The van der Waals surface area contributed by atoms with E-state index in [4.69, 9.17) is 0 Å². The van der Waals surface area contributed by atoms with Crippen molar-refractivity contribution in [1.82, 2.24) is 4.90 Å². The van der Waals surface area contributed by atoms with E-state index in [1.54, 1.807) is 17.5 Å². The summed E-state index contributed by atoms with van der Waals surface area (Å²) in [6, 6.07) is 8.27. The van der Waals surface area contributed by atoms with E-state index in [9.17, 15) is 17.6 Å². The number of likely N-dealkylation sites (tertiary alicyclic amines) is 1. The number of rotatable bonds is 3. The van der Waals surface area contributed by atoms with Gasteiger partial charge in [-0.3, -0.25) is 4.79 Å². The minimum Gasteiger partial charge on any atom is -0.335 e. The summed E-state index contributed by atoms with van der Waals surface area (Å²) in [4.78, 5) is 14.2. The van der Waals surface area contributed by atoms with E-state index in [-0.39, 0.29) is 23.9 Å². The van der Waals surface area contributed by atoms with E-state index in [0.717, 1.165) is 12.1 Å². The fourth-order valence-electron chi connectivity index (χ4n) is 2.17. The Morgan fingerprint density at radius 1 is 1.19 bits per heavy atom. The lowest BCUT2D eigenvalue weighted by Gasteiger charge is -2.38. The van der Waals surface area contributed by atoms with Crippen LogP contribution >= 0.6 is 11.3 Å². The minimum absolute atomic E-state index is 0.0946. The fraction of sp³-hybridized carbons (Fsp3) is 0.214. The number of halogens is 1. The average molecular weight is 325 g/mol. The van der Waals surface area contributed by atoms with Crippen LogP contribution in [0.2, 0.25) is 0 Å². The zero-order valence-electron chi connectivity index (χ0n) is 10.9. The van der Waals surface area contributed by atoms with E-state index in [1.165, 1.54) is 28.4 Å². The van der Waals surface area contributed by atoms with Crippen LogP contribution in [0.5, 0.6) is 0 Å². The lowest BCUT2D eigenvalue weighted by Crippen LogP contribution is -2.56. The van der Waals surface area contributed by atoms with Gasteiger partial charge < -0.3 is 4.90 Å². The molecule has 110 valence electrons. The van der Waals surface area contributed by atoms with Crippen molar-refractivity contribution < 1.29 is 17.6 Å². The van der Waals surface area contributed by atoms with Gasteiger partial charge >= 0.3 is 0 Å². The Labute approximate surface area is 125 Å². The summed E-state index contributed by atoms with van der Waals surface area (Å²) in [6.07, 6.45) is 0. The lowest BCUT2D eigenvalue weighted by atomic mass is 10.2. The molecule has 1 fully saturated rings. The fourth-order valence-corrected chi connectivity index (χ4v) is 4.52. The molecule has 0 atom stereocenters. The summed E-state index contributed by atoms with van der Waals surface area (Å²) < 4.78 is 37.5. The largest absolute Gasteiger partial charge is 0.335 e. The first-order chi connectivity index (χ1) is 9.98. The number of hydrogen-bond donors (Lipinski definition) is 0. The first kappa shape index (κ1) is 14.2. The third kappa shape index (κ3) is 2.58. The van der Waals surface area contributed by atoms with Crippen LogP contribution in [0.15, 0.2) is 46.7 Å². The highest BCUT2D eigenvalue weighted by molar-refractivity contribution is 7.92. The Kier molecular flexibility index (Phi) is 3.54. The molecule has 2 heterocycles. The molecule has 7 heteroatoms. The third-order valence-electron chi connectivity index (χ3n) is 3.45. The highest BCUT2D eigenvalue weighted by Gasteiger charge is 2.40. The molecule has 0 spiro atoms. The number of sulfone groups is 1. The number of benzene rings is 1. The zero-order chi connectivity index (χ0) is 15.0. The number of amides is 1. The summed E-state index contributed by atoms with van der Waals surface area (Å²) in [5.41, 5.74) is 0. The van der Waals surface area contributed by atoms with Crippen molar-refractivity contribution in [2.24, 2.45) is 0 Å². The Balaban J connectivity index is 1.71. The van der Waals surface area contributed by atoms with Crippen molar-refractivity contribution in [3.8, 4) is 0 Å². The molecule has 1 aliphatic heterocycles. The molecular weight excluding hydrogens is 313 g/mol. The van der Waals surface area contributed by atoms with Crippen LogP contribution in [0.25, 0.3) is 0 Å². The van der Waals surface area contributed by atoms with Crippen LogP contribution < -0.4 is 0 Å². The highest BCUT2D eigenvalue weighted by Crippen LogP contribution is 2.26. The average Bonchev–Trinajstić information content (AvgIpc) is 2.90. The standard InChI is InChI=1S/C14H12FNO3S2/c15-10-3-5-11(6-4-10)21(18,19)12-8-16(9-12)14(17)13-2-1-7-20-13/h1-7,12H,8-9H2.